The zero-order valence-electron chi connectivity index (χ0n) is 12.3. The Balaban J connectivity index is 1.79. The molecule has 3 aromatic rings. The summed E-state index contributed by atoms with van der Waals surface area (Å²) in [6.07, 6.45) is 0.408. The highest BCUT2D eigenvalue weighted by Gasteiger charge is 2.11. The predicted octanol–water partition coefficient (Wildman–Crippen LogP) is 3.68. The summed E-state index contributed by atoms with van der Waals surface area (Å²) in [6.45, 7) is 2.04. The van der Waals surface area contributed by atoms with Crippen molar-refractivity contribution in [2.75, 3.05) is 11.9 Å². The van der Waals surface area contributed by atoms with Crippen LogP contribution < -0.4 is 4.90 Å². The van der Waals surface area contributed by atoms with E-state index in [1.807, 2.05) is 56.4 Å². The first kappa shape index (κ1) is 13.4. The molecular formula is C18H18N2O. The number of nitrogens with one attached hydrogen (secondary N) is 1. The lowest BCUT2D eigenvalue weighted by atomic mass is 10.1. The average molecular weight is 278 g/mol. The van der Waals surface area contributed by atoms with Gasteiger partial charge in [0.1, 0.15) is 0 Å². The molecule has 3 rings (SSSR count). The molecule has 106 valence electrons. The Morgan fingerprint density at radius 3 is 2.62 bits per heavy atom. The molecule has 1 amide bonds. The minimum atomic E-state index is 0.0906. The van der Waals surface area contributed by atoms with Crippen molar-refractivity contribution in [2.45, 2.75) is 13.3 Å². The molecule has 0 unspecified atom stereocenters. The number of fused-ring (bicyclic) bond motifs is 1. The van der Waals surface area contributed by atoms with E-state index >= 15 is 0 Å². The maximum absolute atomic E-state index is 12.4. The Labute approximate surface area is 124 Å². The largest absolute Gasteiger partial charge is 0.359 e. The molecule has 0 saturated carbocycles. The number of amides is 1. The van der Waals surface area contributed by atoms with Gasteiger partial charge in [0.05, 0.1) is 6.42 Å². The van der Waals surface area contributed by atoms with Gasteiger partial charge in [0.25, 0.3) is 0 Å². The smallest absolute Gasteiger partial charge is 0.231 e. The SMILES string of the molecule is Cc1cc2cc(CC(=O)N(C)c3ccccc3)ccc2[nH]1. The molecule has 0 fully saturated rings. The first-order chi connectivity index (χ1) is 10.1. The van der Waals surface area contributed by atoms with Gasteiger partial charge in [0.15, 0.2) is 0 Å². The summed E-state index contributed by atoms with van der Waals surface area (Å²) in [5, 5.41) is 1.15. The molecule has 3 heteroatoms. The topological polar surface area (TPSA) is 36.1 Å². The first-order valence-corrected chi connectivity index (χ1v) is 7.03. The Kier molecular flexibility index (Phi) is 3.48. The summed E-state index contributed by atoms with van der Waals surface area (Å²) in [5.74, 6) is 0.0906. The summed E-state index contributed by atoms with van der Waals surface area (Å²) in [4.78, 5) is 17.4. The number of nitrogens with zero attached hydrogens (tertiary/aromatic N) is 1. The van der Waals surface area contributed by atoms with Gasteiger partial charge >= 0.3 is 0 Å². The second-order valence-electron chi connectivity index (χ2n) is 5.34. The van der Waals surface area contributed by atoms with E-state index in [2.05, 4.69) is 17.1 Å². The predicted molar refractivity (Wildman–Crippen MR) is 86.6 cm³/mol. The van der Waals surface area contributed by atoms with Crippen LogP contribution in [0, 0.1) is 6.92 Å². The fraction of sp³-hybridized carbons (Fsp3) is 0.167. The summed E-state index contributed by atoms with van der Waals surface area (Å²) < 4.78 is 0. The molecule has 3 nitrogen and oxygen atoms in total. The number of hydrogen-bond acceptors (Lipinski definition) is 1. The Morgan fingerprint density at radius 2 is 1.86 bits per heavy atom. The van der Waals surface area contributed by atoms with Gasteiger partial charge in [0.2, 0.25) is 5.91 Å². The molecule has 0 aliphatic rings. The normalized spacial score (nSPS) is 10.8. The van der Waals surface area contributed by atoms with Crippen LogP contribution in [0.3, 0.4) is 0 Å². The number of hydrogen-bond donors (Lipinski definition) is 1. The zero-order chi connectivity index (χ0) is 14.8. The molecule has 0 bridgehead atoms. The summed E-state index contributed by atoms with van der Waals surface area (Å²) >= 11 is 0. The highest BCUT2D eigenvalue weighted by molar-refractivity contribution is 5.94. The molecule has 1 heterocycles. The van der Waals surface area contributed by atoms with Crippen molar-refractivity contribution >= 4 is 22.5 Å². The van der Waals surface area contributed by atoms with Crippen LogP contribution in [0.5, 0.6) is 0 Å². The Hall–Kier alpha value is -2.55. The minimum Gasteiger partial charge on any atom is -0.359 e. The van der Waals surface area contributed by atoms with Gasteiger partial charge in [0, 0.05) is 23.9 Å². The molecule has 2 aromatic carbocycles. The summed E-state index contributed by atoms with van der Waals surface area (Å²) in [6, 6.07) is 17.9. The second-order valence-corrected chi connectivity index (χ2v) is 5.34. The summed E-state index contributed by atoms with van der Waals surface area (Å²) in [7, 11) is 1.82. The number of likely N-dealkylation sites (N-methyl/N-ethyl adjacent to an activating group) is 1. The van der Waals surface area contributed by atoms with Crippen LogP contribution in [0.4, 0.5) is 5.69 Å². The maximum atomic E-state index is 12.4. The number of benzene rings is 2. The fourth-order valence-corrected chi connectivity index (χ4v) is 2.53. The molecule has 1 aromatic heterocycles. The van der Waals surface area contributed by atoms with Crippen LogP contribution in [-0.4, -0.2) is 17.9 Å². The van der Waals surface area contributed by atoms with E-state index in [0.29, 0.717) is 6.42 Å². The van der Waals surface area contributed by atoms with Gasteiger partial charge in [-0.15, -0.1) is 0 Å². The maximum Gasteiger partial charge on any atom is 0.231 e. The standard InChI is InChI=1S/C18H18N2O/c1-13-10-15-11-14(8-9-17(15)19-13)12-18(21)20(2)16-6-4-3-5-7-16/h3-11,19H,12H2,1-2H3. The highest BCUT2D eigenvalue weighted by Crippen LogP contribution is 2.18. The lowest BCUT2D eigenvalue weighted by Crippen LogP contribution is -2.27. The molecule has 0 saturated heterocycles. The number of carbonyl (C=O) groups excluding carboxylic acids is 1. The number of aromatic amines is 1. The number of anilines is 1. The molecule has 1 N–H and O–H groups in total. The van der Waals surface area contributed by atoms with E-state index in [1.165, 1.54) is 0 Å². The molecular weight excluding hydrogens is 260 g/mol. The van der Waals surface area contributed by atoms with E-state index < -0.39 is 0 Å². The summed E-state index contributed by atoms with van der Waals surface area (Å²) in [5.41, 5.74) is 4.20. The van der Waals surface area contributed by atoms with E-state index in [0.717, 1.165) is 27.8 Å². The van der Waals surface area contributed by atoms with Gasteiger partial charge in [-0.2, -0.15) is 0 Å². The van der Waals surface area contributed by atoms with Crippen molar-refractivity contribution in [3.05, 3.63) is 65.9 Å². The monoisotopic (exact) mass is 278 g/mol. The van der Waals surface area contributed by atoms with Gasteiger partial charge in [-0.3, -0.25) is 4.79 Å². The van der Waals surface area contributed by atoms with E-state index in [1.54, 1.807) is 4.90 Å². The van der Waals surface area contributed by atoms with E-state index in [9.17, 15) is 4.79 Å². The van der Waals surface area contributed by atoms with Gasteiger partial charge in [-0.25, -0.2) is 0 Å². The minimum absolute atomic E-state index is 0.0906. The fourth-order valence-electron chi connectivity index (χ4n) is 2.53. The Morgan fingerprint density at radius 1 is 1.10 bits per heavy atom. The van der Waals surface area contributed by atoms with Crippen molar-refractivity contribution < 1.29 is 4.79 Å². The third-order valence-corrected chi connectivity index (χ3v) is 3.69. The first-order valence-electron chi connectivity index (χ1n) is 7.03. The Bertz CT molecular complexity index is 774. The van der Waals surface area contributed by atoms with Crippen LogP contribution in [0.1, 0.15) is 11.3 Å². The third kappa shape index (κ3) is 2.82. The van der Waals surface area contributed by atoms with Gasteiger partial charge in [-0.1, -0.05) is 24.3 Å². The number of aromatic nitrogens is 1. The molecule has 0 spiro atoms. The van der Waals surface area contributed by atoms with Crippen molar-refractivity contribution in [1.82, 2.24) is 4.98 Å². The molecule has 0 radical (unpaired) electrons. The van der Waals surface area contributed by atoms with Crippen LogP contribution in [0.15, 0.2) is 54.6 Å². The van der Waals surface area contributed by atoms with Crippen molar-refractivity contribution in [2.24, 2.45) is 0 Å². The number of aryl methyl sites for hydroxylation is 1. The number of para-hydroxylation sites is 1. The van der Waals surface area contributed by atoms with Crippen molar-refractivity contribution in [1.29, 1.82) is 0 Å². The highest BCUT2D eigenvalue weighted by atomic mass is 16.2. The lowest BCUT2D eigenvalue weighted by Gasteiger charge is -2.17. The third-order valence-electron chi connectivity index (χ3n) is 3.69. The number of carbonyl (C=O) groups is 1. The van der Waals surface area contributed by atoms with Crippen LogP contribution in [0.2, 0.25) is 0 Å². The zero-order valence-corrected chi connectivity index (χ0v) is 12.3. The van der Waals surface area contributed by atoms with Gasteiger partial charge < -0.3 is 9.88 Å². The van der Waals surface area contributed by atoms with Crippen molar-refractivity contribution in [3.63, 3.8) is 0 Å². The van der Waals surface area contributed by atoms with Crippen LogP contribution >= 0.6 is 0 Å². The van der Waals surface area contributed by atoms with Crippen molar-refractivity contribution in [3.8, 4) is 0 Å². The van der Waals surface area contributed by atoms with E-state index in [4.69, 9.17) is 0 Å². The van der Waals surface area contributed by atoms with Crippen LogP contribution in [-0.2, 0) is 11.2 Å². The molecule has 0 atom stereocenters. The number of rotatable bonds is 3. The second kappa shape index (κ2) is 5.44. The molecule has 0 aliphatic carbocycles. The van der Waals surface area contributed by atoms with Crippen LogP contribution in [0.25, 0.3) is 10.9 Å². The number of H-pyrrole nitrogens is 1. The molecule has 21 heavy (non-hydrogen) atoms. The van der Waals surface area contributed by atoms with Gasteiger partial charge in [-0.05, 0) is 48.2 Å². The lowest BCUT2D eigenvalue weighted by molar-refractivity contribution is -0.117. The molecule has 0 aliphatic heterocycles. The van der Waals surface area contributed by atoms with E-state index in [-0.39, 0.29) is 5.91 Å². The quantitative estimate of drug-likeness (QED) is 0.779. The average Bonchev–Trinajstić information content (AvgIpc) is 2.86.